The number of para-hydroxylation sites is 1. The van der Waals surface area contributed by atoms with E-state index in [2.05, 4.69) is 15.6 Å². The predicted octanol–water partition coefficient (Wildman–Crippen LogP) is 2.49. The monoisotopic (exact) mass is 422 g/mol. The highest BCUT2D eigenvalue weighted by Gasteiger charge is 2.28. The van der Waals surface area contributed by atoms with Crippen LogP contribution in [0.3, 0.4) is 0 Å². The van der Waals surface area contributed by atoms with Crippen LogP contribution in [0.1, 0.15) is 19.3 Å². The lowest BCUT2D eigenvalue weighted by molar-refractivity contribution is 0.576. The lowest BCUT2D eigenvalue weighted by Crippen LogP contribution is -2.45. The fourth-order valence-electron chi connectivity index (χ4n) is 2.66. The van der Waals surface area contributed by atoms with Gasteiger partial charge < -0.3 is 15.5 Å². The second-order valence-corrected chi connectivity index (χ2v) is 5.64. The van der Waals surface area contributed by atoms with Crippen LogP contribution in [0.4, 0.5) is 14.5 Å². The molecule has 2 N–H and O–H groups in total. The van der Waals surface area contributed by atoms with Gasteiger partial charge in [0.25, 0.3) is 0 Å². The fraction of sp³-hybridized carbons (Fsp3) is 0.533. The van der Waals surface area contributed by atoms with E-state index < -0.39 is 11.6 Å². The van der Waals surface area contributed by atoms with Crippen molar-refractivity contribution in [2.45, 2.75) is 31.3 Å². The molecular formula is C15H21F2IN4. The van der Waals surface area contributed by atoms with Crippen molar-refractivity contribution >= 4 is 35.6 Å². The minimum atomic E-state index is -0.504. The van der Waals surface area contributed by atoms with E-state index in [1.165, 1.54) is 31.0 Å². The van der Waals surface area contributed by atoms with Crippen LogP contribution in [0.2, 0.25) is 0 Å². The molecule has 1 aromatic rings. The first-order valence-corrected chi connectivity index (χ1v) is 7.36. The number of rotatable bonds is 3. The molecule has 1 saturated heterocycles. The van der Waals surface area contributed by atoms with Crippen LogP contribution in [-0.2, 0) is 0 Å². The molecule has 2 aliphatic rings. The van der Waals surface area contributed by atoms with Gasteiger partial charge in [-0.05, 0) is 31.4 Å². The molecule has 1 aromatic carbocycles. The quantitative estimate of drug-likeness (QED) is 0.447. The number of anilines is 1. The maximum Gasteiger partial charge on any atom is 0.191 e. The second kappa shape index (κ2) is 7.43. The zero-order valence-electron chi connectivity index (χ0n) is 12.5. The number of hydrogen-bond donors (Lipinski definition) is 2. The summed E-state index contributed by atoms with van der Waals surface area (Å²) >= 11 is 0. The Bertz CT molecular complexity index is 528. The summed E-state index contributed by atoms with van der Waals surface area (Å²) < 4.78 is 27.6. The maximum absolute atomic E-state index is 13.8. The normalized spacial score (nSPS) is 21.5. The Morgan fingerprint density at radius 3 is 2.36 bits per heavy atom. The third-order valence-corrected chi connectivity index (χ3v) is 3.92. The zero-order chi connectivity index (χ0) is 14.8. The van der Waals surface area contributed by atoms with Crippen molar-refractivity contribution in [3.63, 3.8) is 0 Å². The average Bonchev–Trinajstić information content (AvgIpc) is 3.16. The smallest absolute Gasteiger partial charge is 0.191 e. The van der Waals surface area contributed by atoms with E-state index >= 15 is 0 Å². The summed E-state index contributed by atoms with van der Waals surface area (Å²) in [5.74, 6) is -0.231. The van der Waals surface area contributed by atoms with Gasteiger partial charge in [0.05, 0.1) is 0 Å². The molecule has 1 aliphatic heterocycles. The van der Waals surface area contributed by atoms with E-state index in [4.69, 9.17) is 0 Å². The minimum absolute atomic E-state index is 0. The predicted molar refractivity (Wildman–Crippen MR) is 95.0 cm³/mol. The number of hydrogen-bond acceptors (Lipinski definition) is 2. The van der Waals surface area contributed by atoms with Gasteiger partial charge in [-0.2, -0.15) is 0 Å². The van der Waals surface area contributed by atoms with Crippen LogP contribution < -0.4 is 15.5 Å². The number of aliphatic imine (C=N–C) groups is 1. The Hall–Kier alpha value is -1.12. The van der Waals surface area contributed by atoms with Crippen LogP contribution in [0.5, 0.6) is 0 Å². The van der Waals surface area contributed by atoms with Crippen molar-refractivity contribution in [1.29, 1.82) is 0 Å². The van der Waals surface area contributed by atoms with Crippen molar-refractivity contribution in [3.8, 4) is 0 Å². The lowest BCUT2D eigenvalue weighted by Gasteiger charge is -2.21. The van der Waals surface area contributed by atoms with Gasteiger partial charge in [-0.3, -0.25) is 4.99 Å². The molecule has 1 atom stereocenters. The fourth-order valence-corrected chi connectivity index (χ4v) is 2.66. The van der Waals surface area contributed by atoms with Gasteiger partial charge in [-0.15, -0.1) is 24.0 Å². The van der Waals surface area contributed by atoms with Crippen molar-refractivity contribution < 1.29 is 8.78 Å². The van der Waals surface area contributed by atoms with Crippen LogP contribution in [0, 0.1) is 11.6 Å². The van der Waals surface area contributed by atoms with E-state index in [1.54, 1.807) is 11.9 Å². The zero-order valence-corrected chi connectivity index (χ0v) is 14.8. The van der Waals surface area contributed by atoms with Gasteiger partial charge in [0.2, 0.25) is 0 Å². The van der Waals surface area contributed by atoms with Crippen LogP contribution in [0.15, 0.2) is 23.2 Å². The summed E-state index contributed by atoms with van der Waals surface area (Å²) in [6.07, 6.45) is 3.19. The number of guanidine groups is 1. The number of nitrogens with zero attached hydrogens (tertiary/aromatic N) is 2. The van der Waals surface area contributed by atoms with Crippen molar-refractivity contribution in [2.75, 3.05) is 25.0 Å². The van der Waals surface area contributed by atoms with E-state index in [0.29, 0.717) is 19.1 Å². The molecule has 0 aromatic heterocycles. The molecule has 22 heavy (non-hydrogen) atoms. The Labute approximate surface area is 146 Å². The summed E-state index contributed by atoms with van der Waals surface area (Å²) in [5.41, 5.74) is 0.0759. The summed E-state index contributed by atoms with van der Waals surface area (Å²) in [7, 11) is 1.74. The van der Waals surface area contributed by atoms with Gasteiger partial charge in [-0.25, -0.2) is 8.78 Å². The molecule has 0 bridgehead atoms. The summed E-state index contributed by atoms with van der Waals surface area (Å²) in [5, 5.41) is 6.65. The van der Waals surface area contributed by atoms with E-state index in [1.807, 2.05) is 0 Å². The van der Waals surface area contributed by atoms with Crippen molar-refractivity contribution in [2.24, 2.45) is 4.99 Å². The second-order valence-electron chi connectivity index (χ2n) is 5.64. The highest BCUT2D eigenvalue weighted by Crippen LogP contribution is 2.26. The van der Waals surface area contributed by atoms with Crippen LogP contribution in [0.25, 0.3) is 0 Å². The van der Waals surface area contributed by atoms with E-state index in [9.17, 15) is 8.78 Å². The van der Waals surface area contributed by atoms with Crippen LogP contribution in [-0.4, -0.2) is 38.2 Å². The largest absolute Gasteiger partial charge is 0.365 e. The van der Waals surface area contributed by atoms with Gasteiger partial charge in [0.1, 0.15) is 17.3 Å². The molecule has 3 rings (SSSR count). The average molecular weight is 422 g/mol. The summed E-state index contributed by atoms with van der Waals surface area (Å²) in [6, 6.07) is 4.66. The molecule has 122 valence electrons. The molecule has 0 radical (unpaired) electrons. The maximum atomic E-state index is 13.8. The Balaban J connectivity index is 0.00000176. The molecular weight excluding hydrogens is 401 g/mol. The molecule has 0 amide bonds. The Kier molecular flexibility index (Phi) is 5.82. The third-order valence-electron chi connectivity index (χ3n) is 3.92. The van der Waals surface area contributed by atoms with Gasteiger partial charge in [-0.1, -0.05) is 6.07 Å². The van der Waals surface area contributed by atoms with E-state index in [0.717, 1.165) is 12.4 Å². The highest BCUT2D eigenvalue weighted by atomic mass is 127. The van der Waals surface area contributed by atoms with Crippen molar-refractivity contribution in [1.82, 2.24) is 10.6 Å². The minimum Gasteiger partial charge on any atom is -0.365 e. The molecule has 0 spiro atoms. The Morgan fingerprint density at radius 2 is 1.77 bits per heavy atom. The SMILES string of the molecule is CN=C(NC1CC1)NC1CCN(c2c(F)cccc2F)C1.I. The molecule has 1 heterocycles. The molecule has 4 nitrogen and oxygen atoms in total. The number of halogens is 3. The van der Waals surface area contributed by atoms with Crippen LogP contribution >= 0.6 is 24.0 Å². The molecule has 1 saturated carbocycles. The first kappa shape index (κ1) is 17.2. The molecule has 1 unspecified atom stereocenters. The highest BCUT2D eigenvalue weighted by molar-refractivity contribution is 14.0. The topological polar surface area (TPSA) is 39.7 Å². The van der Waals surface area contributed by atoms with Crippen molar-refractivity contribution in [3.05, 3.63) is 29.8 Å². The van der Waals surface area contributed by atoms with Gasteiger partial charge in [0.15, 0.2) is 5.96 Å². The standard InChI is InChI=1S/C15H20F2N4.HI/c1-18-15(19-10-5-6-10)20-11-7-8-21(9-11)14-12(16)3-2-4-13(14)17;/h2-4,10-11H,5-9H2,1H3,(H2,18,19,20);1H. The number of nitrogens with one attached hydrogen (secondary N) is 2. The lowest BCUT2D eigenvalue weighted by atomic mass is 10.2. The first-order chi connectivity index (χ1) is 10.2. The van der Waals surface area contributed by atoms with Gasteiger partial charge in [0, 0.05) is 32.2 Å². The molecule has 2 fully saturated rings. The molecule has 7 heteroatoms. The van der Waals surface area contributed by atoms with Gasteiger partial charge >= 0.3 is 0 Å². The summed E-state index contributed by atoms with van der Waals surface area (Å²) in [6.45, 7) is 1.21. The van der Waals surface area contributed by atoms with E-state index in [-0.39, 0.29) is 35.7 Å². The Morgan fingerprint density at radius 1 is 1.14 bits per heavy atom. The third kappa shape index (κ3) is 3.99. The summed E-state index contributed by atoms with van der Waals surface area (Å²) in [4.78, 5) is 5.95. The first-order valence-electron chi connectivity index (χ1n) is 7.36. The number of benzene rings is 1. The molecule has 1 aliphatic carbocycles.